The maximum Gasteiger partial charge on any atom is 0.335 e. The molecule has 5 heteroatoms. The second-order valence-corrected chi connectivity index (χ2v) is 4.59. The van der Waals surface area contributed by atoms with Gasteiger partial charge < -0.3 is 16.2 Å². The minimum atomic E-state index is -0.982. The van der Waals surface area contributed by atoms with E-state index in [0.29, 0.717) is 11.3 Å². The Balaban J connectivity index is 2.84. The van der Waals surface area contributed by atoms with Crippen LogP contribution in [0, 0.1) is 12.8 Å². The highest BCUT2D eigenvalue weighted by molar-refractivity contribution is 5.96. The number of nitrogens with two attached hydrogens (primary N) is 1. The lowest BCUT2D eigenvalue weighted by Gasteiger charge is -2.15. The van der Waals surface area contributed by atoms with Crippen LogP contribution in [-0.4, -0.2) is 23.0 Å². The fourth-order valence-electron chi connectivity index (χ4n) is 1.51. The molecule has 0 radical (unpaired) electrons. The Morgan fingerprint density at radius 1 is 1.33 bits per heavy atom. The van der Waals surface area contributed by atoms with E-state index in [4.69, 9.17) is 10.8 Å². The number of hydrogen-bond donors (Lipinski definition) is 3. The van der Waals surface area contributed by atoms with Gasteiger partial charge in [-0.2, -0.15) is 0 Å². The van der Waals surface area contributed by atoms with Gasteiger partial charge in [0.1, 0.15) is 0 Å². The van der Waals surface area contributed by atoms with Gasteiger partial charge in [0.25, 0.3) is 0 Å². The lowest BCUT2D eigenvalue weighted by atomic mass is 10.0. The lowest BCUT2D eigenvalue weighted by molar-refractivity contribution is -0.118. The Bertz CT molecular complexity index is 469. The van der Waals surface area contributed by atoms with Crippen molar-refractivity contribution in [2.24, 2.45) is 11.7 Å². The molecule has 1 aromatic carbocycles. The fourth-order valence-corrected chi connectivity index (χ4v) is 1.51. The van der Waals surface area contributed by atoms with Crippen molar-refractivity contribution in [2.75, 3.05) is 5.32 Å². The summed E-state index contributed by atoms with van der Waals surface area (Å²) in [6.07, 6.45) is 0. The molecule has 0 heterocycles. The number of aryl methyl sites for hydroxylation is 1. The van der Waals surface area contributed by atoms with Gasteiger partial charge in [0, 0.05) is 5.69 Å². The summed E-state index contributed by atoms with van der Waals surface area (Å²) in [4.78, 5) is 22.6. The van der Waals surface area contributed by atoms with Crippen molar-refractivity contribution in [3.05, 3.63) is 29.3 Å². The quantitative estimate of drug-likeness (QED) is 0.757. The number of anilines is 1. The highest BCUT2D eigenvalue weighted by Gasteiger charge is 2.17. The Kier molecular flexibility index (Phi) is 4.44. The Morgan fingerprint density at radius 3 is 2.39 bits per heavy atom. The first-order valence-electron chi connectivity index (χ1n) is 5.73. The highest BCUT2D eigenvalue weighted by Crippen LogP contribution is 2.15. The molecule has 0 saturated carbocycles. The van der Waals surface area contributed by atoms with Crippen molar-refractivity contribution in [3.8, 4) is 0 Å². The van der Waals surface area contributed by atoms with Crippen LogP contribution in [0.15, 0.2) is 18.2 Å². The zero-order valence-electron chi connectivity index (χ0n) is 10.7. The van der Waals surface area contributed by atoms with Gasteiger partial charge in [-0.25, -0.2) is 4.79 Å². The standard InChI is InChI=1S/C13H18N2O3/c1-7(2)11(14)12(16)15-9-4-5-10(13(17)18)8(3)6-9/h4-7,11H,14H2,1-3H3,(H,15,16)(H,17,18). The average Bonchev–Trinajstić information content (AvgIpc) is 2.27. The lowest BCUT2D eigenvalue weighted by Crippen LogP contribution is -2.39. The molecule has 0 fully saturated rings. The number of carboxylic acids is 1. The van der Waals surface area contributed by atoms with E-state index in [9.17, 15) is 9.59 Å². The SMILES string of the molecule is Cc1cc(NC(=O)C(N)C(C)C)ccc1C(=O)O. The molecule has 4 N–H and O–H groups in total. The molecule has 18 heavy (non-hydrogen) atoms. The van der Waals surface area contributed by atoms with E-state index in [-0.39, 0.29) is 17.4 Å². The largest absolute Gasteiger partial charge is 0.478 e. The third-order valence-corrected chi connectivity index (χ3v) is 2.75. The third kappa shape index (κ3) is 3.30. The number of carboxylic acid groups (broad SMARTS) is 1. The first-order chi connectivity index (χ1) is 8.32. The van der Waals surface area contributed by atoms with Crippen molar-refractivity contribution < 1.29 is 14.7 Å². The van der Waals surface area contributed by atoms with E-state index in [0.717, 1.165) is 0 Å². The smallest absolute Gasteiger partial charge is 0.335 e. The second-order valence-electron chi connectivity index (χ2n) is 4.59. The molecule has 0 aliphatic rings. The maximum absolute atomic E-state index is 11.7. The van der Waals surface area contributed by atoms with Crippen LogP contribution in [-0.2, 0) is 4.79 Å². The first-order valence-corrected chi connectivity index (χ1v) is 5.73. The van der Waals surface area contributed by atoms with Gasteiger partial charge in [-0.15, -0.1) is 0 Å². The van der Waals surface area contributed by atoms with Crippen molar-refractivity contribution in [1.82, 2.24) is 0 Å². The van der Waals surface area contributed by atoms with Gasteiger partial charge in [-0.1, -0.05) is 13.8 Å². The Morgan fingerprint density at radius 2 is 1.94 bits per heavy atom. The number of aromatic carboxylic acids is 1. The number of nitrogens with one attached hydrogen (secondary N) is 1. The summed E-state index contributed by atoms with van der Waals surface area (Å²) in [5.41, 5.74) is 7.09. The number of rotatable bonds is 4. The van der Waals surface area contributed by atoms with E-state index in [1.54, 1.807) is 19.1 Å². The Labute approximate surface area is 106 Å². The molecule has 5 nitrogen and oxygen atoms in total. The van der Waals surface area contributed by atoms with Crippen LogP contribution in [0.1, 0.15) is 29.8 Å². The van der Waals surface area contributed by atoms with Crippen LogP contribution >= 0.6 is 0 Å². The van der Waals surface area contributed by atoms with Crippen molar-refractivity contribution in [3.63, 3.8) is 0 Å². The molecule has 1 unspecified atom stereocenters. The summed E-state index contributed by atoms with van der Waals surface area (Å²) < 4.78 is 0. The number of carbonyl (C=O) groups excluding carboxylic acids is 1. The van der Waals surface area contributed by atoms with Gasteiger partial charge in [0.15, 0.2) is 0 Å². The summed E-state index contributed by atoms with van der Waals surface area (Å²) in [6, 6.07) is 4.06. The predicted octanol–water partition coefficient (Wildman–Crippen LogP) is 1.62. The molecule has 1 amide bonds. The first kappa shape index (κ1) is 14.2. The van der Waals surface area contributed by atoms with Crippen LogP contribution in [0.3, 0.4) is 0 Å². The van der Waals surface area contributed by atoms with Gasteiger partial charge in [0.2, 0.25) is 5.91 Å². The van der Waals surface area contributed by atoms with Crippen LogP contribution in [0.25, 0.3) is 0 Å². The molecular weight excluding hydrogens is 232 g/mol. The molecule has 0 aromatic heterocycles. The molecule has 0 bridgehead atoms. The van der Waals surface area contributed by atoms with E-state index >= 15 is 0 Å². The molecule has 0 spiro atoms. The van der Waals surface area contributed by atoms with Crippen molar-refractivity contribution >= 4 is 17.6 Å². The maximum atomic E-state index is 11.7. The molecular formula is C13H18N2O3. The molecule has 98 valence electrons. The monoisotopic (exact) mass is 250 g/mol. The van der Waals surface area contributed by atoms with Gasteiger partial charge >= 0.3 is 5.97 Å². The average molecular weight is 250 g/mol. The van der Waals surface area contributed by atoms with Crippen molar-refractivity contribution in [2.45, 2.75) is 26.8 Å². The summed E-state index contributed by atoms with van der Waals surface area (Å²) in [5.74, 6) is -1.21. The van der Waals surface area contributed by atoms with Crippen molar-refractivity contribution in [1.29, 1.82) is 0 Å². The van der Waals surface area contributed by atoms with E-state index in [1.807, 2.05) is 13.8 Å². The number of carbonyl (C=O) groups is 2. The molecule has 1 atom stereocenters. The van der Waals surface area contributed by atoms with Crippen LogP contribution in [0.5, 0.6) is 0 Å². The summed E-state index contributed by atoms with van der Waals surface area (Å²) in [7, 11) is 0. The van der Waals surface area contributed by atoms with E-state index in [1.165, 1.54) is 6.07 Å². The van der Waals surface area contributed by atoms with Crippen LogP contribution in [0.2, 0.25) is 0 Å². The molecule has 0 aliphatic carbocycles. The highest BCUT2D eigenvalue weighted by atomic mass is 16.4. The zero-order valence-corrected chi connectivity index (χ0v) is 10.7. The summed E-state index contributed by atoms with van der Waals surface area (Å²) in [5, 5.41) is 11.6. The minimum Gasteiger partial charge on any atom is -0.478 e. The third-order valence-electron chi connectivity index (χ3n) is 2.75. The Hall–Kier alpha value is -1.88. The molecule has 1 rings (SSSR count). The molecule has 0 aliphatic heterocycles. The topological polar surface area (TPSA) is 92.4 Å². The van der Waals surface area contributed by atoms with Gasteiger partial charge in [-0.3, -0.25) is 4.79 Å². The number of hydrogen-bond acceptors (Lipinski definition) is 3. The zero-order chi connectivity index (χ0) is 13.9. The van der Waals surface area contributed by atoms with E-state index < -0.39 is 12.0 Å². The minimum absolute atomic E-state index is 0.0457. The summed E-state index contributed by atoms with van der Waals surface area (Å²) in [6.45, 7) is 5.41. The van der Waals surface area contributed by atoms with Crippen LogP contribution < -0.4 is 11.1 Å². The van der Waals surface area contributed by atoms with Gasteiger partial charge in [0.05, 0.1) is 11.6 Å². The summed E-state index contributed by atoms with van der Waals surface area (Å²) >= 11 is 0. The number of benzene rings is 1. The van der Waals surface area contributed by atoms with Crippen LogP contribution in [0.4, 0.5) is 5.69 Å². The van der Waals surface area contributed by atoms with Gasteiger partial charge in [-0.05, 0) is 36.6 Å². The molecule has 0 saturated heterocycles. The molecule has 1 aromatic rings. The fraction of sp³-hybridized carbons (Fsp3) is 0.385. The number of amides is 1. The predicted molar refractivity (Wildman–Crippen MR) is 69.6 cm³/mol. The second kappa shape index (κ2) is 5.64. The normalized spacial score (nSPS) is 12.3. The van der Waals surface area contributed by atoms with E-state index in [2.05, 4.69) is 5.32 Å².